The van der Waals surface area contributed by atoms with Gasteiger partial charge < -0.3 is 10.6 Å². The Balaban J connectivity index is 1.68. The predicted molar refractivity (Wildman–Crippen MR) is 93.9 cm³/mol. The van der Waals surface area contributed by atoms with Crippen molar-refractivity contribution in [2.45, 2.75) is 19.4 Å². The van der Waals surface area contributed by atoms with Gasteiger partial charge in [-0.3, -0.25) is 14.6 Å². The first-order valence-corrected chi connectivity index (χ1v) is 8.16. The summed E-state index contributed by atoms with van der Waals surface area (Å²) in [7, 11) is 0. The fourth-order valence-corrected chi connectivity index (χ4v) is 2.54. The molecule has 2 rings (SSSR count). The van der Waals surface area contributed by atoms with E-state index < -0.39 is 0 Å². The van der Waals surface area contributed by atoms with E-state index in [0.717, 1.165) is 11.1 Å². The van der Waals surface area contributed by atoms with E-state index in [1.807, 2.05) is 12.1 Å². The summed E-state index contributed by atoms with van der Waals surface area (Å²) in [6.45, 7) is 0.746. The van der Waals surface area contributed by atoms with E-state index >= 15 is 0 Å². The van der Waals surface area contributed by atoms with Crippen molar-refractivity contribution in [1.29, 1.82) is 0 Å². The van der Waals surface area contributed by atoms with Crippen molar-refractivity contribution in [2.75, 3.05) is 6.54 Å². The molecule has 7 heteroatoms. The van der Waals surface area contributed by atoms with Gasteiger partial charge in [-0.15, -0.1) is 0 Å². The lowest BCUT2D eigenvalue weighted by atomic mass is 10.1. The van der Waals surface area contributed by atoms with Crippen LogP contribution in [-0.2, 0) is 22.6 Å². The molecule has 0 saturated heterocycles. The summed E-state index contributed by atoms with van der Waals surface area (Å²) in [5.74, 6) is -0.662. The van der Waals surface area contributed by atoms with Crippen LogP contribution in [0.2, 0.25) is 10.0 Å². The summed E-state index contributed by atoms with van der Waals surface area (Å²) in [6.07, 6.45) is 3.68. The monoisotopic (exact) mass is 365 g/mol. The standard InChI is InChI=1S/C17H17Cl2N3O2/c18-14-4-3-13(15(19)8-14)5-7-21-16(23)9-17(24)22-11-12-2-1-6-20-10-12/h1-4,6,8,10H,5,7,9,11H2,(H,21,23)(H,22,24). The highest BCUT2D eigenvalue weighted by atomic mass is 35.5. The fraction of sp³-hybridized carbons (Fsp3) is 0.235. The molecule has 0 aliphatic heterocycles. The van der Waals surface area contributed by atoms with Gasteiger partial charge in [-0.2, -0.15) is 0 Å². The average molecular weight is 366 g/mol. The van der Waals surface area contributed by atoms with Gasteiger partial charge in [0.1, 0.15) is 6.42 Å². The molecule has 5 nitrogen and oxygen atoms in total. The van der Waals surface area contributed by atoms with Gasteiger partial charge in [-0.1, -0.05) is 35.3 Å². The lowest BCUT2D eigenvalue weighted by Crippen LogP contribution is -2.32. The van der Waals surface area contributed by atoms with Gasteiger partial charge in [-0.05, 0) is 35.7 Å². The maximum atomic E-state index is 11.8. The van der Waals surface area contributed by atoms with Crippen molar-refractivity contribution in [3.8, 4) is 0 Å². The second-order valence-corrected chi connectivity index (χ2v) is 5.99. The van der Waals surface area contributed by atoms with E-state index in [-0.39, 0.29) is 18.2 Å². The Kier molecular flexibility index (Phi) is 7.03. The highest BCUT2D eigenvalue weighted by Gasteiger charge is 2.09. The number of rotatable bonds is 7. The van der Waals surface area contributed by atoms with Crippen LogP contribution >= 0.6 is 23.2 Å². The van der Waals surface area contributed by atoms with Crippen molar-refractivity contribution in [1.82, 2.24) is 15.6 Å². The minimum absolute atomic E-state index is 0.214. The lowest BCUT2D eigenvalue weighted by molar-refractivity contribution is -0.129. The third-order valence-corrected chi connectivity index (χ3v) is 3.85. The lowest BCUT2D eigenvalue weighted by Gasteiger charge is -2.08. The third-order valence-electron chi connectivity index (χ3n) is 3.27. The molecule has 0 aliphatic carbocycles. The van der Waals surface area contributed by atoms with Crippen LogP contribution in [0.5, 0.6) is 0 Å². The SMILES string of the molecule is O=C(CC(=O)NCc1cccnc1)NCCc1ccc(Cl)cc1Cl. The number of benzene rings is 1. The van der Waals surface area contributed by atoms with Crippen LogP contribution in [0.3, 0.4) is 0 Å². The Labute approximate surface area is 150 Å². The number of amides is 2. The Hall–Kier alpha value is -2.11. The van der Waals surface area contributed by atoms with Gasteiger partial charge in [0.15, 0.2) is 0 Å². The number of hydrogen-bond donors (Lipinski definition) is 2. The predicted octanol–water partition coefficient (Wildman–Crippen LogP) is 2.75. The molecule has 2 aromatic rings. The second kappa shape index (κ2) is 9.25. The van der Waals surface area contributed by atoms with Gasteiger partial charge in [-0.25, -0.2) is 0 Å². The molecule has 0 unspecified atom stereocenters. The van der Waals surface area contributed by atoms with Crippen molar-refractivity contribution in [2.24, 2.45) is 0 Å². The molecule has 2 N–H and O–H groups in total. The molecule has 0 atom stereocenters. The van der Waals surface area contributed by atoms with Crippen LogP contribution in [-0.4, -0.2) is 23.3 Å². The van der Waals surface area contributed by atoms with Crippen LogP contribution in [0.25, 0.3) is 0 Å². The number of pyridine rings is 1. The highest BCUT2D eigenvalue weighted by Crippen LogP contribution is 2.20. The molecule has 24 heavy (non-hydrogen) atoms. The fourth-order valence-electron chi connectivity index (χ4n) is 2.04. The van der Waals surface area contributed by atoms with Crippen molar-refractivity contribution in [3.05, 3.63) is 63.9 Å². The number of carbonyl (C=O) groups excluding carboxylic acids is 2. The van der Waals surface area contributed by atoms with Crippen molar-refractivity contribution >= 4 is 35.0 Å². The van der Waals surface area contributed by atoms with E-state index in [4.69, 9.17) is 23.2 Å². The molecule has 126 valence electrons. The molecule has 0 bridgehead atoms. The number of carbonyl (C=O) groups is 2. The largest absolute Gasteiger partial charge is 0.355 e. The molecule has 1 aromatic carbocycles. The molecular formula is C17H17Cl2N3O2. The van der Waals surface area contributed by atoms with Gasteiger partial charge in [0.25, 0.3) is 0 Å². The van der Waals surface area contributed by atoms with Gasteiger partial charge in [0, 0.05) is 35.5 Å². The summed E-state index contributed by atoms with van der Waals surface area (Å²) in [4.78, 5) is 27.4. The minimum Gasteiger partial charge on any atom is -0.355 e. The van der Waals surface area contributed by atoms with Crippen molar-refractivity contribution in [3.63, 3.8) is 0 Å². The van der Waals surface area contributed by atoms with E-state index in [0.29, 0.717) is 29.6 Å². The molecule has 0 saturated carbocycles. The molecule has 1 heterocycles. The van der Waals surface area contributed by atoms with Crippen LogP contribution in [0, 0.1) is 0 Å². The van der Waals surface area contributed by atoms with Crippen LogP contribution in [0.15, 0.2) is 42.7 Å². The zero-order chi connectivity index (χ0) is 17.4. The molecule has 1 aromatic heterocycles. The van der Waals surface area contributed by atoms with Gasteiger partial charge in [0.2, 0.25) is 11.8 Å². The number of halogens is 2. The first-order valence-electron chi connectivity index (χ1n) is 7.41. The molecule has 0 aliphatic rings. The Bertz CT molecular complexity index is 708. The van der Waals surface area contributed by atoms with Crippen molar-refractivity contribution < 1.29 is 9.59 Å². The maximum absolute atomic E-state index is 11.8. The normalized spacial score (nSPS) is 10.2. The molecule has 0 radical (unpaired) electrons. The average Bonchev–Trinajstić information content (AvgIpc) is 2.56. The quantitative estimate of drug-likeness (QED) is 0.741. The number of hydrogen-bond acceptors (Lipinski definition) is 3. The molecule has 0 spiro atoms. The maximum Gasteiger partial charge on any atom is 0.229 e. The van der Waals surface area contributed by atoms with Crippen LogP contribution < -0.4 is 10.6 Å². The summed E-state index contributed by atoms with van der Waals surface area (Å²) in [5, 5.41) is 6.50. The highest BCUT2D eigenvalue weighted by molar-refractivity contribution is 6.35. The van der Waals surface area contributed by atoms with E-state index in [1.165, 1.54) is 0 Å². The molecule has 0 fully saturated rings. The Morgan fingerprint density at radius 1 is 1.08 bits per heavy atom. The smallest absolute Gasteiger partial charge is 0.229 e. The zero-order valence-corrected chi connectivity index (χ0v) is 14.4. The van der Waals surface area contributed by atoms with Gasteiger partial charge >= 0.3 is 0 Å². The summed E-state index contributed by atoms with van der Waals surface area (Å²) in [6, 6.07) is 8.86. The van der Waals surface area contributed by atoms with Crippen LogP contribution in [0.4, 0.5) is 0 Å². The molecular weight excluding hydrogens is 349 g/mol. The second-order valence-electron chi connectivity index (χ2n) is 5.15. The summed E-state index contributed by atoms with van der Waals surface area (Å²) in [5.41, 5.74) is 1.77. The topological polar surface area (TPSA) is 71.1 Å². The Morgan fingerprint density at radius 2 is 1.88 bits per heavy atom. The van der Waals surface area contributed by atoms with E-state index in [1.54, 1.807) is 30.6 Å². The zero-order valence-electron chi connectivity index (χ0n) is 12.9. The van der Waals surface area contributed by atoms with Gasteiger partial charge in [0.05, 0.1) is 0 Å². The minimum atomic E-state index is -0.333. The van der Waals surface area contributed by atoms with E-state index in [9.17, 15) is 9.59 Å². The number of aromatic nitrogens is 1. The van der Waals surface area contributed by atoms with E-state index in [2.05, 4.69) is 15.6 Å². The number of nitrogens with zero attached hydrogens (tertiary/aromatic N) is 1. The summed E-state index contributed by atoms with van der Waals surface area (Å²) >= 11 is 11.9. The van der Waals surface area contributed by atoms with Crippen LogP contribution in [0.1, 0.15) is 17.5 Å². The molecule has 2 amide bonds. The third kappa shape index (κ3) is 6.18. The first kappa shape index (κ1) is 18.2. The number of nitrogens with one attached hydrogen (secondary N) is 2. The Morgan fingerprint density at radius 3 is 2.58 bits per heavy atom. The summed E-state index contributed by atoms with van der Waals surface area (Å²) < 4.78 is 0. The first-order chi connectivity index (χ1) is 11.5.